The number of aromatic nitrogens is 1. The maximum atomic E-state index is 11.3. The van der Waals surface area contributed by atoms with Gasteiger partial charge in [-0.15, -0.1) is 22.9 Å². The van der Waals surface area contributed by atoms with Crippen LogP contribution in [0.4, 0.5) is 0 Å². The van der Waals surface area contributed by atoms with Crippen molar-refractivity contribution in [1.29, 1.82) is 0 Å². The van der Waals surface area contributed by atoms with Gasteiger partial charge in [-0.25, -0.2) is 4.98 Å². The van der Waals surface area contributed by atoms with Crippen LogP contribution in [0.3, 0.4) is 0 Å². The molecule has 2 aromatic rings. The van der Waals surface area contributed by atoms with Crippen molar-refractivity contribution in [3.63, 3.8) is 0 Å². The molecule has 13 heavy (non-hydrogen) atoms. The minimum absolute atomic E-state index is 0.0285. The molecular formula is C9H6ClNOS. The van der Waals surface area contributed by atoms with Crippen molar-refractivity contribution in [3.8, 4) is 0 Å². The Kier molecular flexibility index (Phi) is 2.29. The molecule has 0 radical (unpaired) electrons. The molecule has 4 heteroatoms. The van der Waals surface area contributed by atoms with Crippen LogP contribution < -0.4 is 0 Å². The van der Waals surface area contributed by atoms with Crippen molar-refractivity contribution < 1.29 is 4.79 Å². The van der Waals surface area contributed by atoms with Gasteiger partial charge in [0.2, 0.25) is 0 Å². The van der Waals surface area contributed by atoms with Crippen LogP contribution in [0.1, 0.15) is 10.4 Å². The predicted octanol–water partition coefficient (Wildman–Crippen LogP) is 2.72. The van der Waals surface area contributed by atoms with E-state index in [1.807, 2.05) is 17.5 Å². The van der Waals surface area contributed by atoms with Gasteiger partial charge in [-0.1, -0.05) is 0 Å². The van der Waals surface area contributed by atoms with Crippen LogP contribution in [-0.4, -0.2) is 16.6 Å². The SMILES string of the molecule is O=C(CCl)c1csc2ncccc12. The lowest BCUT2D eigenvalue weighted by Gasteiger charge is -1.92. The molecule has 0 aliphatic carbocycles. The van der Waals surface area contributed by atoms with Crippen molar-refractivity contribution in [2.24, 2.45) is 0 Å². The fourth-order valence-corrected chi connectivity index (χ4v) is 2.21. The number of carbonyl (C=O) groups excluding carboxylic acids is 1. The smallest absolute Gasteiger partial charge is 0.179 e. The number of carbonyl (C=O) groups is 1. The number of Topliss-reactive ketones (excluding diaryl/α,β-unsaturated/α-hetero) is 1. The Morgan fingerprint density at radius 2 is 2.46 bits per heavy atom. The van der Waals surface area contributed by atoms with Crippen molar-refractivity contribution in [1.82, 2.24) is 4.98 Å². The predicted molar refractivity (Wildman–Crippen MR) is 54.7 cm³/mol. The molecule has 2 heterocycles. The highest BCUT2D eigenvalue weighted by molar-refractivity contribution is 7.17. The summed E-state index contributed by atoms with van der Waals surface area (Å²) in [6, 6.07) is 3.71. The molecule has 0 aliphatic rings. The average molecular weight is 212 g/mol. The van der Waals surface area contributed by atoms with E-state index in [-0.39, 0.29) is 11.7 Å². The fourth-order valence-electron chi connectivity index (χ4n) is 1.16. The lowest BCUT2D eigenvalue weighted by molar-refractivity contribution is 0.102. The first-order valence-electron chi connectivity index (χ1n) is 3.74. The summed E-state index contributed by atoms with van der Waals surface area (Å²) < 4.78 is 0. The normalized spacial score (nSPS) is 10.5. The van der Waals surface area contributed by atoms with E-state index in [2.05, 4.69) is 4.98 Å². The highest BCUT2D eigenvalue weighted by Crippen LogP contribution is 2.23. The second kappa shape index (κ2) is 3.44. The number of nitrogens with zero attached hydrogens (tertiary/aromatic N) is 1. The standard InChI is InChI=1S/C9H6ClNOS/c10-4-8(12)7-5-13-9-6(7)2-1-3-11-9/h1-3,5H,4H2. The zero-order valence-corrected chi connectivity index (χ0v) is 8.23. The van der Waals surface area contributed by atoms with Crippen LogP contribution in [0, 0.1) is 0 Å². The number of thiophene rings is 1. The third-order valence-electron chi connectivity index (χ3n) is 1.77. The summed E-state index contributed by atoms with van der Waals surface area (Å²) in [7, 11) is 0. The number of ketones is 1. The van der Waals surface area contributed by atoms with E-state index in [1.54, 1.807) is 6.20 Å². The van der Waals surface area contributed by atoms with Gasteiger partial charge in [-0.05, 0) is 12.1 Å². The number of rotatable bonds is 2. The molecule has 0 unspecified atom stereocenters. The molecule has 2 rings (SSSR count). The fraction of sp³-hybridized carbons (Fsp3) is 0.111. The first-order chi connectivity index (χ1) is 6.33. The van der Waals surface area contributed by atoms with E-state index in [4.69, 9.17) is 11.6 Å². The van der Waals surface area contributed by atoms with E-state index >= 15 is 0 Å². The zero-order valence-electron chi connectivity index (χ0n) is 6.66. The van der Waals surface area contributed by atoms with Gasteiger partial charge in [0.25, 0.3) is 0 Å². The number of hydrogen-bond acceptors (Lipinski definition) is 3. The summed E-state index contributed by atoms with van der Waals surface area (Å²) in [6.45, 7) is 0. The van der Waals surface area contributed by atoms with E-state index in [9.17, 15) is 4.79 Å². The summed E-state index contributed by atoms with van der Waals surface area (Å²) in [4.78, 5) is 16.4. The summed E-state index contributed by atoms with van der Waals surface area (Å²) in [5.41, 5.74) is 0.683. The summed E-state index contributed by atoms with van der Waals surface area (Å²) in [5.74, 6) is -0.0123. The molecule has 0 spiro atoms. The minimum Gasteiger partial charge on any atom is -0.293 e. The van der Waals surface area contributed by atoms with E-state index < -0.39 is 0 Å². The molecule has 2 nitrogen and oxygen atoms in total. The van der Waals surface area contributed by atoms with Gasteiger partial charge in [-0.3, -0.25) is 4.79 Å². The molecule has 0 atom stereocenters. The van der Waals surface area contributed by atoms with Crippen LogP contribution in [0.25, 0.3) is 10.2 Å². The van der Waals surface area contributed by atoms with E-state index in [0.29, 0.717) is 5.56 Å². The minimum atomic E-state index is -0.0408. The summed E-state index contributed by atoms with van der Waals surface area (Å²) in [6.07, 6.45) is 1.72. The summed E-state index contributed by atoms with van der Waals surface area (Å²) in [5, 5.41) is 2.71. The number of hydrogen-bond donors (Lipinski definition) is 0. The van der Waals surface area contributed by atoms with Gasteiger partial charge in [0.15, 0.2) is 5.78 Å². The zero-order chi connectivity index (χ0) is 9.26. The van der Waals surface area contributed by atoms with E-state index in [1.165, 1.54) is 11.3 Å². The maximum absolute atomic E-state index is 11.3. The Bertz CT molecular complexity index is 452. The van der Waals surface area contributed by atoms with Crippen molar-refractivity contribution in [2.45, 2.75) is 0 Å². The molecule has 0 aromatic carbocycles. The molecule has 0 amide bonds. The Hall–Kier alpha value is -0.930. The average Bonchev–Trinajstić information content (AvgIpc) is 2.60. The first kappa shape index (κ1) is 8.66. The van der Waals surface area contributed by atoms with Gasteiger partial charge in [0.05, 0.1) is 5.88 Å². The second-order valence-electron chi connectivity index (χ2n) is 2.56. The lowest BCUT2D eigenvalue weighted by Crippen LogP contribution is -1.98. The Morgan fingerprint density at radius 3 is 3.23 bits per heavy atom. The molecule has 66 valence electrons. The van der Waals surface area contributed by atoms with Crippen LogP contribution in [0.15, 0.2) is 23.7 Å². The molecule has 0 fully saturated rings. The van der Waals surface area contributed by atoms with Gasteiger partial charge in [-0.2, -0.15) is 0 Å². The van der Waals surface area contributed by atoms with E-state index in [0.717, 1.165) is 10.2 Å². The molecule has 0 saturated heterocycles. The Balaban J connectivity index is 2.64. The van der Waals surface area contributed by atoms with Crippen LogP contribution in [-0.2, 0) is 0 Å². The third-order valence-corrected chi connectivity index (χ3v) is 2.92. The first-order valence-corrected chi connectivity index (χ1v) is 5.15. The van der Waals surface area contributed by atoms with Crippen LogP contribution in [0.5, 0.6) is 0 Å². The molecule has 0 bridgehead atoms. The second-order valence-corrected chi connectivity index (χ2v) is 3.69. The highest BCUT2D eigenvalue weighted by Gasteiger charge is 2.10. The van der Waals surface area contributed by atoms with Gasteiger partial charge in [0, 0.05) is 22.5 Å². The topological polar surface area (TPSA) is 30.0 Å². The molecule has 0 aliphatic heterocycles. The number of alkyl halides is 1. The quantitative estimate of drug-likeness (QED) is 0.565. The number of fused-ring (bicyclic) bond motifs is 1. The lowest BCUT2D eigenvalue weighted by atomic mass is 10.1. The molecular weight excluding hydrogens is 206 g/mol. The number of halogens is 1. The van der Waals surface area contributed by atoms with Gasteiger partial charge >= 0.3 is 0 Å². The maximum Gasteiger partial charge on any atom is 0.179 e. The Labute approximate surface area is 84.2 Å². The molecule has 0 saturated carbocycles. The van der Waals surface area contributed by atoms with Crippen molar-refractivity contribution in [3.05, 3.63) is 29.3 Å². The van der Waals surface area contributed by atoms with Crippen LogP contribution >= 0.6 is 22.9 Å². The number of pyridine rings is 1. The molecule has 0 N–H and O–H groups in total. The molecule has 2 aromatic heterocycles. The largest absolute Gasteiger partial charge is 0.293 e. The monoisotopic (exact) mass is 211 g/mol. The van der Waals surface area contributed by atoms with Crippen molar-refractivity contribution >= 4 is 38.9 Å². The van der Waals surface area contributed by atoms with Gasteiger partial charge in [0.1, 0.15) is 4.83 Å². The third kappa shape index (κ3) is 1.45. The Morgan fingerprint density at radius 1 is 1.62 bits per heavy atom. The van der Waals surface area contributed by atoms with Crippen molar-refractivity contribution in [2.75, 3.05) is 5.88 Å². The highest BCUT2D eigenvalue weighted by atomic mass is 35.5. The van der Waals surface area contributed by atoms with Gasteiger partial charge < -0.3 is 0 Å². The van der Waals surface area contributed by atoms with Crippen LogP contribution in [0.2, 0.25) is 0 Å². The summed E-state index contributed by atoms with van der Waals surface area (Å²) >= 11 is 6.95.